The fourth-order valence-electron chi connectivity index (χ4n) is 2.07. The number of anilines is 1. The predicted octanol–water partition coefficient (Wildman–Crippen LogP) is 2.18. The maximum atomic E-state index is 11.1. The van der Waals surface area contributed by atoms with E-state index in [9.17, 15) is 4.79 Å². The molecule has 0 unspecified atom stereocenters. The van der Waals surface area contributed by atoms with Crippen molar-refractivity contribution in [2.24, 2.45) is 0 Å². The Morgan fingerprint density at radius 3 is 2.86 bits per heavy atom. The molecule has 0 aliphatic carbocycles. The minimum Gasteiger partial charge on any atom is -0.355 e. The van der Waals surface area contributed by atoms with Gasteiger partial charge in [0, 0.05) is 36.9 Å². The van der Waals surface area contributed by atoms with E-state index in [1.165, 1.54) is 23.4 Å². The number of aromatic nitrogens is 2. The molecular formula is C16H22N4OS. The molecule has 0 fully saturated rings. The van der Waals surface area contributed by atoms with E-state index in [1.807, 2.05) is 11.8 Å². The molecule has 118 valence electrons. The molecule has 22 heavy (non-hydrogen) atoms. The first kappa shape index (κ1) is 16.6. The van der Waals surface area contributed by atoms with Gasteiger partial charge in [-0.15, -0.1) is 0 Å². The largest absolute Gasteiger partial charge is 0.355 e. The van der Waals surface area contributed by atoms with Crippen molar-refractivity contribution in [2.75, 3.05) is 31.7 Å². The maximum absolute atomic E-state index is 11.1. The SMILES string of the molecule is CN(C)Cc1cccc(CSCCNc2nccc(=O)[nH]2)c1. The Labute approximate surface area is 135 Å². The third-order valence-corrected chi connectivity index (χ3v) is 4.00. The number of rotatable bonds is 8. The zero-order valence-electron chi connectivity index (χ0n) is 13.0. The van der Waals surface area contributed by atoms with Crippen molar-refractivity contribution in [3.8, 4) is 0 Å². The van der Waals surface area contributed by atoms with Crippen molar-refractivity contribution in [1.82, 2.24) is 14.9 Å². The summed E-state index contributed by atoms with van der Waals surface area (Å²) in [5.41, 5.74) is 2.55. The summed E-state index contributed by atoms with van der Waals surface area (Å²) >= 11 is 1.86. The van der Waals surface area contributed by atoms with E-state index in [4.69, 9.17) is 0 Å². The zero-order valence-corrected chi connectivity index (χ0v) is 13.8. The topological polar surface area (TPSA) is 61.0 Å². The molecule has 0 saturated carbocycles. The Morgan fingerprint density at radius 1 is 1.27 bits per heavy atom. The van der Waals surface area contributed by atoms with Crippen molar-refractivity contribution in [1.29, 1.82) is 0 Å². The van der Waals surface area contributed by atoms with Crippen molar-refractivity contribution >= 4 is 17.7 Å². The fraction of sp³-hybridized carbons (Fsp3) is 0.375. The molecule has 0 spiro atoms. The average molecular weight is 318 g/mol. The second-order valence-electron chi connectivity index (χ2n) is 5.32. The maximum Gasteiger partial charge on any atom is 0.252 e. The average Bonchev–Trinajstić information content (AvgIpc) is 2.47. The highest BCUT2D eigenvalue weighted by molar-refractivity contribution is 7.98. The Hall–Kier alpha value is -1.79. The van der Waals surface area contributed by atoms with Gasteiger partial charge in [-0.1, -0.05) is 24.3 Å². The van der Waals surface area contributed by atoms with Gasteiger partial charge in [-0.25, -0.2) is 4.98 Å². The highest BCUT2D eigenvalue weighted by Gasteiger charge is 1.99. The Bertz CT molecular complexity index is 642. The molecule has 2 aromatic rings. The molecule has 0 aliphatic rings. The molecule has 0 saturated heterocycles. The lowest BCUT2D eigenvalue weighted by atomic mass is 10.1. The molecule has 2 N–H and O–H groups in total. The van der Waals surface area contributed by atoms with Crippen LogP contribution in [0.4, 0.5) is 5.95 Å². The number of hydrogen-bond donors (Lipinski definition) is 2. The number of aromatic amines is 1. The standard InChI is InChI=1S/C16H22N4OS/c1-20(2)11-13-4-3-5-14(10-13)12-22-9-8-18-16-17-7-6-15(21)19-16/h3-7,10H,8-9,11-12H2,1-2H3,(H2,17,18,19,21). The molecule has 0 radical (unpaired) electrons. The Balaban J connectivity index is 1.71. The lowest BCUT2D eigenvalue weighted by Crippen LogP contribution is -2.13. The van der Waals surface area contributed by atoms with E-state index in [2.05, 4.69) is 58.5 Å². The first-order valence-corrected chi connectivity index (χ1v) is 8.38. The molecule has 1 aromatic carbocycles. The van der Waals surface area contributed by atoms with Crippen molar-refractivity contribution < 1.29 is 0 Å². The molecular weight excluding hydrogens is 296 g/mol. The molecule has 0 amide bonds. The van der Waals surface area contributed by atoms with Crippen LogP contribution in [-0.2, 0) is 12.3 Å². The highest BCUT2D eigenvalue weighted by Crippen LogP contribution is 2.14. The van der Waals surface area contributed by atoms with E-state index in [1.54, 1.807) is 0 Å². The minimum atomic E-state index is -0.136. The fourth-order valence-corrected chi connectivity index (χ4v) is 2.88. The van der Waals surface area contributed by atoms with Crippen LogP contribution >= 0.6 is 11.8 Å². The molecule has 0 atom stereocenters. The molecule has 0 aliphatic heterocycles. The van der Waals surface area contributed by atoms with Crippen molar-refractivity contribution in [3.05, 3.63) is 58.0 Å². The smallest absolute Gasteiger partial charge is 0.252 e. The third kappa shape index (κ3) is 5.91. The van der Waals surface area contributed by atoms with E-state index >= 15 is 0 Å². The second kappa shape index (κ2) is 8.60. The summed E-state index contributed by atoms with van der Waals surface area (Å²) in [6, 6.07) is 10.1. The van der Waals surface area contributed by atoms with Gasteiger partial charge in [0.25, 0.3) is 5.56 Å². The summed E-state index contributed by atoms with van der Waals surface area (Å²) in [4.78, 5) is 20.0. The lowest BCUT2D eigenvalue weighted by molar-refractivity contribution is 0.402. The molecule has 1 aromatic heterocycles. The van der Waals surface area contributed by atoms with E-state index in [-0.39, 0.29) is 5.56 Å². The van der Waals surface area contributed by atoms with Crippen LogP contribution in [0.5, 0.6) is 0 Å². The minimum absolute atomic E-state index is 0.136. The van der Waals surface area contributed by atoms with E-state index in [0.717, 1.165) is 24.6 Å². The quantitative estimate of drug-likeness (QED) is 0.731. The Morgan fingerprint density at radius 2 is 2.09 bits per heavy atom. The summed E-state index contributed by atoms with van der Waals surface area (Å²) in [5, 5.41) is 3.12. The number of hydrogen-bond acceptors (Lipinski definition) is 5. The number of thioether (sulfide) groups is 1. The first-order chi connectivity index (χ1) is 10.6. The first-order valence-electron chi connectivity index (χ1n) is 7.23. The summed E-state index contributed by atoms with van der Waals surface area (Å²) in [6.07, 6.45) is 1.50. The monoisotopic (exact) mass is 318 g/mol. The summed E-state index contributed by atoms with van der Waals surface area (Å²) < 4.78 is 0. The van der Waals surface area contributed by atoms with Crippen LogP contribution in [0.25, 0.3) is 0 Å². The zero-order chi connectivity index (χ0) is 15.8. The number of nitrogens with zero attached hydrogens (tertiary/aromatic N) is 2. The van der Waals surface area contributed by atoms with Crippen LogP contribution in [0.15, 0.2) is 41.3 Å². The van der Waals surface area contributed by atoms with E-state index in [0.29, 0.717) is 5.95 Å². The van der Waals surface area contributed by atoms with Gasteiger partial charge in [0.05, 0.1) is 0 Å². The van der Waals surface area contributed by atoms with Gasteiger partial charge in [-0.2, -0.15) is 11.8 Å². The van der Waals surface area contributed by atoms with E-state index < -0.39 is 0 Å². The summed E-state index contributed by atoms with van der Waals surface area (Å²) in [6.45, 7) is 1.74. The summed E-state index contributed by atoms with van der Waals surface area (Å²) in [7, 11) is 4.16. The second-order valence-corrected chi connectivity index (χ2v) is 6.42. The Kier molecular flexibility index (Phi) is 6.48. The van der Waals surface area contributed by atoms with Gasteiger partial charge in [0.1, 0.15) is 0 Å². The van der Waals surface area contributed by atoms with Crippen LogP contribution in [0, 0.1) is 0 Å². The normalized spacial score (nSPS) is 10.9. The van der Waals surface area contributed by atoms with Gasteiger partial charge in [-0.3, -0.25) is 9.78 Å². The van der Waals surface area contributed by atoms with Gasteiger partial charge in [-0.05, 0) is 25.2 Å². The summed E-state index contributed by atoms with van der Waals surface area (Å²) in [5.74, 6) is 2.47. The lowest BCUT2D eigenvalue weighted by Gasteiger charge is -2.11. The molecule has 2 rings (SSSR count). The van der Waals surface area contributed by atoms with Crippen LogP contribution in [0.1, 0.15) is 11.1 Å². The van der Waals surface area contributed by atoms with Gasteiger partial charge in [0.15, 0.2) is 0 Å². The van der Waals surface area contributed by atoms with Crippen LogP contribution in [0.3, 0.4) is 0 Å². The van der Waals surface area contributed by atoms with Gasteiger partial charge >= 0.3 is 0 Å². The number of H-pyrrole nitrogens is 1. The van der Waals surface area contributed by atoms with Crippen LogP contribution in [-0.4, -0.2) is 41.3 Å². The van der Waals surface area contributed by atoms with Crippen molar-refractivity contribution in [3.63, 3.8) is 0 Å². The molecule has 5 nitrogen and oxygen atoms in total. The third-order valence-electron chi connectivity index (χ3n) is 2.97. The van der Waals surface area contributed by atoms with Gasteiger partial charge < -0.3 is 10.2 Å². The number of benzene rings is 1. The molecule has 6 heteroatoms. The van der Waals surface area contributed by atoms with Crippen molar-refractivity contribution in [2.45, 2.75) is 12.3 Å². The molecule has 0 bridgehead atoms. The predicted molar refractivity (Wildman–Crippen MR) is 93.3 cm³/mol. The van der Waals surface area contributed by atoms with Crippen LogP contribution in [0.2, 0.25) is 0 Å². The van der Waals surface area contributed by atoms with Gasteiger partial charge in [0.2, 0.25) is 5.95 Å². The number of nitrogens with one attached hydrogen (secondary N) is 2. The molecule has 1 heterocycles. The van der Waals surface area contributed by atoms with Crippen LogP contribution < -0.4 is 10.9 Å². The highest BCUT2D eigenvalue weighted by atomic mass is 32.2.